The highest BCUT2D eigenvalue weighted by Crippen LogP contribution is 1.96. The average Bonchev–Trinajstić information content (AvgIpc) is 2.43. The van der Waals surface area contributed by atoms with Crippen molar-refractivity contribution in [2.75, 3.05) is 26.2 Å². The van der Waals surface area contributed by atoms with Gasteiger partial charge in [-0.25, -0.2) is 0 Å². The number of hydrogen-bond donors (Lipinski definition) is 3. The molecule has 0 saturated heterocycles. The van der Waals surface area contributed by atoms with E-state index >= 15 is 0 Å². The van der Waals surface area contributed by atoms with Crippen molar-refractivity contribution in [2.45, 2.75) is 51.0 Å². The van der Waals surface area contributed by atoms with Crippen LogP contribution in [0.25, 0.3) is 0 Å². The van der Waals surface area contributed by atoms with Crippen LogP contribution >= 0.6 is 0 Å². The van der Waals surface area contributed by atoms with Gasteiger partial charge in [0.15, 0.2) is 9.52 Å². The number of carbonyl (C=O) groups is 2. The first-order valence-electron chi connectivity index (χ1n) is 7.59. The molecule has 2 radical (unpaired) electrons. The molecule has 0 aliphatic carbocycles. The maximum absolute atomic E-state index is 10.3. The van der Waals surface area contributed by atoms with E-state index in [1.54, 1.807) is 0 Å². The van der Waals surface area contributed by atoms with Crippen LogP contribution in [-0.2, 0) is 4.79 Å². The molecule has 0 heterocycles. The molecule has 0 fully saturated rings. The van der Waals surface area contributed by atoms with Crippen LogP contribution in [0.3, 0.4) is 0 Å². The van der Waals surface area contributed by atoms with Crippen molar-refractivity contribution in [3.05, 3.63) is 0 Å². The molecule has 3 N–H and O–H groups in total. The van der Waals surface area contributed by atoms with Gasteiger partial charge in [0.25, 0.3) is 5.59 Å². The average molecular weight is 300 g/mol. The van der Waals surface area contributed by atoms with Crippen LogP contribution in [-0.4, -0.2) is 52.7 Å². The Hall–Kier alpha value is -0.723. The Morgan fingerprint density at radius 3 is 2.10 bits per heavy atom. The Morgan fingerprint density at radius 2 is 1.50 bits per heavy atom. The number of aldehydes is 1. The van der Waals surface area contributed by atoms with Crippen LogP contribution in [0.2, 0.25) is 6.04 Å². The van der Waals surface area contributed by atoms with Crippen molar-refractivity contribution in [1.82, 2.24) is 10.6 Å². The van der Waals surface area contributed by atoms with E-state index in [-0.39, 0.29) is 9.52 Å². The molecule has 0 unspecified atom stereocenters. The van der Waals surface area contributed by atoms with Crippen molar-refractivity contribution >= 4 is 21.4 Å². The van der Waals surface area contributed by atoms with Crippen LogP contribution in [0.5, 0.6) is 0 Å². The first-order valence-corrected chi connectivity index (χ1v) is 8.80. The van der Waals surface area contributed by atoms with Crippen LogP contribution in [0.4, 0.5) is 4.79 Å². The summed E-state index contributed by atoms with van der Waals surface area (Å²) in [6, 6.07) is 0.808. The maximum Gasteiger partial charge on any atom is 0.265 e. The molecule has 0 saturated carbocycles. The molecule has 0 atom stereocenters. The Kier molecular flexibility index (Phi) is 15.7. The molecule has 0 aromatic heterocycles. The summed E-state index contributed by atoms with van der Waals surface area (Å²) in [5, 5.41) is 15.3. The van der Waals surface area contributed by atoms with Gasteiger partial charge in [0.05, 0.1) is 0 Å². The summed E-state index contributed by atoms with van der Waals surface area (Å²) in [6.45, 7) is 4.06. The summed E-state index contributed by atoms with van der Waals surface area (Å²) in [6.07, 6.45) is 8.13. The Bertz CT molecular complexity index is 240. The zero-order valence-electron chi connectivity index (χ0n) is 12.3. The predicted molar refractivity (Wildman–Crippen MR) is 82.7 cm³/mol. The zero-order chi connectivity index (χ0) is 14.9. The van der Waals surface area contributed by atoms with E-state index in [4.69, 9.17) is 5.11 Å². The number of nitrogens with one attached hydrogen (secondary N) is 2. The second-order valence-corrected chi connectivity index (χ2v) is 6.09. The van der Waals surface area contributed by atoms with Crippen molar-refractivity contribution in [1.29, 1.82) is 0 Å². The monoisotopic (exact) mass is 300 g/mol. The minimum Gasteiger partial charge on any atom is -0.486 e. The molecule has 5 nitrogen and oxygen atoms in total. The largest absolute Gasteiger partial charge is 0.486 e. The first-order chi connectivity index (χ1) is 9.77. The molecule has 0 aliphatic heterocycles. The summed E-state index contributed by atoms with van der Waals surface area (Å²) >= 11 is 0. The molecule has 0 aliphatic rings. The summed E-state index contributed by atoms with van der Waals surface area (Å²) in [5.74, 6) is 0. The normalized spacial score (nSPS) is 10.6. The van der Waals surface area contributed by atoms with Gasteiger partial charge in [0, 0.05) is 6.42 Å². The number of rotatable bonds is 16. The van der Waals surface area contributed by atoms with Crippen molar-refractivity contribution in [2.24, 2.45) is 0 Å². The Morgan fingerprint density at radius 1 is 0.900 bits per heavy atom. The lowest BCUT2D eigenvalue weighted by Crippen LogP contribution is -2.23. The van der Waals surface area contributed by atoms with Gasteiger partial charge in [-0.1, -0.05) is 18.9 Å². The standard InChI is InChI=1S/C14H28N2O3Si/c17-12-5-2-1-3-8-15-10-7-11-16-9-4-6-13-20-14(18)19/h12,15-16H,1-11,13H2,(H,18,19). The molecule has 0 bridgehead atoms. The Labute approximate surface area is 124 Å². The predicted octanol–water partition coefficient (Wildman–Crippen LogP) is 1.90. The summed E-state index contributed by atoms with van der Waals surface area (Å²) in [4.78, 5) is 20.4. The smallest absolute Gasteiger partial charge is 0.265 e. The fraction of sp³-hybridized carbons (Fsp3) is 0.857. The highest BCUT2D eigenvalue weighted by Gasteiger charge is 1.98. The lowest BCUT2D eigenvalue weighted by Gasteiger charge is -2.06. The second kappa shape index (κ2) is 16.3. The van der Waals surface area contributed by atoms with Gasteiger partial charge in [-0.05, 0) is 51.9 Å². The lowest BCUT2D eigenvalue weighted by molar-refractivity contribution is -0.107. The molecule has 116 valence electrons. The first kappa shape index (κ1) is 19.3. The SMILES string of the molecule is O=CCCCCCNCCCNCCCC[Si]C(=O)O. The minimum absolute atomic E-state index is 0.0596. The minimum atomic E-state index is -0.671. The van der Waals surface area contributed by atoms with E-state index < -0.39 is 5.59 Å². The van der Waals surface area contributed by atoms with E-state index in [9.17, 15) is 9.59 Å². The molecular formula is C14H28N2O3Si. The van der Waals surface area contributed by atoms with Crippen molar-refractivity contribution in [3.8, 4) is 0 Å². The summed E-state index contributed by atoms with van der Waals surface area (Å²) in [7, 11) is 0.0596. The highest BCUT2D eigenvalue weighted by atomic mass is 28.2. The van der Waals surface area contributed by atoms with Gasteiger partial charge in [-0.2, -0.15) is 0 Å². The lowest BCUT2D eigenvalue weighted by atomic mass is 10.2. The molecule has 0 rings (SSSR count). The van der Waals surface area contributed by atoms with Gasteiger partial charge in [0.2, 0.25) is 0 Å². The van der Waals surface area contributed by atoms with E-state index in [0.29, 0.717) is 6.42 Å². The molecule has 0 aromatic rings. The maximum atomic E-state index is 10.3. The molecule has 0 amide bonds. The van der Waals surface area contributed by atoms with Crippen LogP contribution in [0.15, 0.2) is 0 Å². The molecule has 6 heteroatoms. The number of hydrogen-bond acceptors (Lipinski definition) is 4. The van der Waals surface area contributed by atoms with Crippen LogP contribution < -0.4 is 10.6 Å². The van der Waals surface area contributed by atoms with Crippen LogP contribution in [0.1, 0.15) is 44.9 Å². The topological polar surface area (TPSA) is 78.4 Å². The van der Waals surface area contributed by atoms with E-state index in [2.05, 4.69) is 10.6 Å². The van der Waals surface area contributed by atoms with Gasteiger partial charge in [0.1, 0.15) is 6.29 Å². The van der Waals surface area contributed by atoms with Gasteiger partial charge >= 0.3 is 0 Å². The van der Waals surface area contributed by atoms with Crippen LogP contribution in [0, 0.1) is 0 Å². The van der Waals surface area contributed by atoms with Gasteiger partial charge < -0.3 is 20.5 Å². The number of carbonyl (C=O) groups excluding carboxylic acids is 1. The van der Waals surface area contributed by atoms with Crippen molar-refractivity contribution < 1.29 is 14.7 Å². The third-order valence-corrected chi connectivity index (χ3v) is 3.85. The summed E-state index contributed by atoms with van der Waals surface area (Å²) in [5.41, 5.74) is -0.671. The quantitative estimate of drug-likeness (QED) is 0.230. The second-order valence-electron chi connectivity index (χ2n) is 4.81. The van der Waals surface area contributed by atoms with E-state index in [1.165, 1.54) is 0 Å². The highest BCUT2D eigenvalue weighted by molar-refractivity contribution is 6.71. The zero-order valence-corrected chi connectivity index (χ0v) is 13.3. The summed E-state index contributed by atoms with van der Waals surface area (Å²) < 4.78 is 0. The molecular weight excluding hydrogens is 272 g/mol. The Balaban J connectivity index is 2.95. The number of unbranched alkanes of at least 4 members (excludes halogenated alkanes) is 4. The fourth-order valence-electron chi connectivity index (χ4n) is 1.81. The third-order valence-electron chi connectivity index (χ3n) is 2.94. The molecule has 0 aromatic carbocycles. The van der Waals surface area contributed by atoms with E-state index in [1.807, 2.05) is 0 Å². The molecule has 20 heavy (non-hydrogen) atoms. The van der Waals surface area contributed by atoms with Gasteiger partial charge in [-0.15, -0.1) is 0 Å². The number of carboxylic acid groups (broad SMARTS) is 1. The molecule has 0 spiro atoms. The van der Waals surface area contributed by atoms with Crippen molar-refractivity contribution in [3.63, 3.8) is 0 Å². The third kappa shape index (κ3) is 17.3. The fourth-order valence-corrected chi connectivity index (χ4v) is 2.45. The van der Waals surface area contributed by atoms with E-state index in [0.717, 1.165) is 77.0 Å². The van der Waals surface area contributed by atoms with Gasteiger partial charge in [-0.3, -0.25) is 4.79 Å².